The van der Waals surface area contributed by atoms with Crippen molar-refractivity contribution in [2.24, 2.45) is 0 Å². The third-order valence-corrected chi connectivity index (χ3v) is 6.84. The molecule has 0 saturated carbocycles. The maximum absolute atomic E-state index is 13.7. The largest absolute Gasteiger partial charge is 0.462 e. The van der Waals surface area contributed by atoms with Crippen molar-refractivity contribution in [3.63, 3.8) is 0 Å². The Morgan fingerprint density at radius 2 is 1.86 bits per heavy atom. The van der Waals surface area contributed by atoms with E-state index in [1.807, 2.05) is 31.2 Å². The van der Waals surface area contributed by atoms with Crippen molar-refractivity contribution in [1.82, 2.24) is 0 Å². The summed E-state index contributed by atoms with van der Waals surface area (Å²) in [5, 5.41) is 0.706. The zero-order chi connectivity index (χ0) is 25.4. The van der Waals surface area contributed by atoms with Crippen LogP contribution in [0, 0.1) is 0 Å². The highest BCUT2D eigenvalue weighted by molar-refractivity contribution is 9.10. The molecular weight excluding hydrogens is 546 g/mol. The normalized spacial score (nSPS) is 14.8. The van der Waals surface area contributed by atoms with Crippen LogP contribution in [-0.2, 0) is 4.74 Å². The lowest BCUT2D eigenvalue weighted by atomic mass is 9.98. The maximum atomic E-state index is 13.7. The molecule has 1 amide bonds. The first-order valence-corrected chi connectivity index (χ1v) is 12.7. The highest BCUT2D eigenvalue weighted by Gasteiger charge is 2.43. The van der Waals surface area contributed by atoms with Crippen LogP contribution in [0.4, 0.5) is 5.69 Å². The fourth-order valence-corrected chi connectivity index (χ4v) is 4.94. The summed E-state index contributed by atoms with van der Waals surface area (Å²) in [6.45, 7) is 2.37. The Morgan fingerprint density at radius 3 is 2.58 bits per heavy atom. The summed E-state index contributed by atoms with van der Waals surface area (Å²) in [5.41, 5.74) is 1.85. The third kappa shape index (κ3) is 4.33. The van der Waals surface area contributed by atoms with E-state index in [1.54, 1.807) is 42.5 Å². The molecule has 5 rings (SSSR count). The van der Waals surface area contributed by atoms with Crippen LogP contribution in [0.25, 0.3) is 11.0 Å². The number of nitrogens with zero attached hydrogens (tertiary/aromatic N) is 1. The first kappa shape index (κ1) is 24.3. The fraction of sp³-hybridized carbons (Fsp3) is 0.179. The molecule has 0 aliphatic carbocycles. The van der Waals surface area contributed by atoms with Crippen molar-refractivity contribution in [3.8, 4) is 0 Å². The SMILES string of the molecule is CCCCOC(=O)c1ccc(N2C(=O)c3oc4ccc(Cl)cc4c(=O)c3C2c2cccc(Br)c2)cc1. The smallest absolute Gasteiger partial charge is 0.338 e. The second-order valence-electron chi connectivity index (χ2n) is 8.48. The predicted octanol–water partition coefficient (Wildman–Crippen LogP) is 6.92. The van der Waals surface area contributed by atoms with Gasteiger partial charge in [-0.3, -0.25) is 14.5 Å². The fourth-order valence-electron chi connectivity index (χ4n) is 4.35. The number of halogens is 2. The van der Waals surface area contributed by atoms with Gasteiger partial charge in [0.15, 0.2) is 5.43 Å². The van der Waals surface area contributed by atoms with Crippen LogP contribution in [0.3, 0.4) is 0 Å². The van der Waals surface area contributed by atoms with Crippen molar-refractivity contribution in [2.75, 3.05) is 11.5 Å². The number of benzene rings is 3. The van der Waals surface area contributed by atoms with Crippen molar-refractivity contribution in [2.45, 2.75) is 25.8 Å². The van der Waals surface area contributed by atoms with Crippen LogP contribution >= 0.6 is 27.5 Å². The van der Waals surface area contributed by atoms with Gasteiger partial charge >= 0.3 is 5.97 Å². The van der Waals surface area contributed by atoms with E-state index in [4.69, 9.17) is 20.8 Å². The van der Waals surface area contributed by atoms with Crippen LogP contribution in [0.1, 0.15) is 57.8 Å². The van der Waals surface area contributed by atoms with Gasteiger partial charge in [0.25, 0.3) is 5.91 Å². The van der Waals surface area contributed by atoms with E-state index in [2.05, 4.69) is 15.9 Å². The number of carbonyl (C=O) groups excluding carboxylic acids is 2. The van der Waals surface area contributed by atoms with Crippen LogP contribution in [0.2, 0.25) is 5.02 Å². The number of carbonyl (C=O) groups is 2. The number of amides is 1. The van der Waals surface area contributed by atoms with E-state index in [0.29, 0.717) is 28.3 Å². The third-order valence-electron chi connectivity index (χ3n) is 6.11. The molecule has 6 nitrogen and oxygen atoms in total. The second kappa shape index (κ2) is 9.91. The standard InChI is InChI=1S/C28H21BrClNO5/c1-2-3-13-35-28(34)16-7-10-20(11-8-16)31-24(17-5-4-6-18(29)14-17)23-25(32)21-15-19(30)9-12-22(21)36-26(23)27(31)33/h4-12,14-15,24H,2-3,13H2,1H3. The number of rotatable bonds is 6. The minimum Gasteiger partial charge on any atom is -0.462 e. The Morgan fingerprint density at radius 1 is 1.08 bits per heavy atom. The lowest BCUT2D eigenvalue weighted by Crippen LogP contribution is -2.29. The number of hydrogen-bond acceptors (Lipinski definition) is 5. The molecule has 0 fully saturated rings. The Kier molecular flexibility index (Phi) is 6.69. The van der Waals surface area contributed by atoms with E-state index in [-0.39, 0.29) is 22.3 Å². The van der Waals surface area contributed by atoms with Crippen LogP contribution < -0.4 is 10.3 Å². The van der Waals surface area contributed by atoms with Gasteiger partial charge in [0.2, 0.25) is 5.76 Å². The Labute approximate surface area is 220 Å². The summed E-state index contributed by atoms with van der Waals surface area (Å²) >= 11 is 9.63. The van der Waals surface area contributed by atoms with E-state index in [1.165, 1.54) is 4.90 Å². The molecule has 0 spiro atoms. The van der Waals surface area contributed by atoms with Gasteiger partial charge in [-0.2, -0.15) is 0 Å². The summed E-state index contributed by atoms with van der Waals surface area (Å²) in [6.07, 6.45) is 1.72. The summed E-state index contributed by atoms with van der Waals surface area (Å²) < 4.78 is 12.1. The summed E-state index contributed by atoms with van der Waals surface area (Å²) in [7, 11) is 0. The first-order chi connectivity index (χ1) is 17.4. The van der Waals surface area contributed by atoms with Gasteiger partial charge in [0.05, 0.1) is 29.2 Å². The Hall–Kier alpha value is -3.42. The molecule has 1 unspecified atom stereocenters. The van der Waals surface area contributed by atoms with Gasteiger partial charge in [-0.05, 0) is 66.6 Å². The van der Waals surface area contributed by atoms with Gasteiger partial charge in [0, 0.05) is 15.2 Å². The molecule has 0 bridgehead atoms. The van der Waals surface area contributed by atoms with Crippen molar-refractivity contribution in [1.29, 1.82) is 0 Å². The van der Waals surface area contributed by atoms with Gasteiger partial charge < -0.3 is 9.15 Å². The molecule has 36 heavy (non-hydrogen) atoms. The molecule has 1 aromatic heterocycles. The summed E-state index contributed by atoms with van der Waals surface area (Å²) in [5.74, 6) is -0.875. The van der Waals surface area contributed by atoms with Gasteiger partial charge in [0.1, 0.15) is 5.58 Å². The molecular formula is C28H21BrClNO5. The molecule has 182 valence electrons. The van der Waals surface area contributed by atoms with Gasteiger partial charge in [-0.25, -0.2) is 4.79 Å². The minimum atomic E-state index is -0.730. The maximum Gasteiger partial charge on any atom is 0.338 e. The van der Waals surface area contributed by atoms with Crippen LogP contribution in [0.15, 0.2) is 80.4 Å². The first-order valence-electron chi connectivity index (χ1n) is 11.5. The monoisotopic (exact) mass is 565 g/mol. The number of unbranched alkanes of at least 4 members (excludes halogenated alkanes) is 1. The number of ether oxygens (including phenoxy) is 1. The van der Waals surface area contributed by atoms with Crippen molar-refractivity contribution in [3.05, 3.63) is 109 Å². The van der Waals surface area contributed by atoms with E-state index in [9.17, 15) is 14.4 Å². The number of fused-ring (bicyclic) bond motifs is 2. The number of esters is 1. The Balaban J connectivity index is 1.63. The molecule has 8 heteroatoms. The molecule has 1 atom stereocenters. The lowest BCUT2D eigenvalue weighted by Gasteiger charge is -2.25. The molecule has 0 saturated heterocycles. The quantitative estimate of drug-likeness (QED) is 0.187. The molecule has 2 heterocycles. The van der Waals surface area contributed by atoms with E-state index >= 15 is 0 Å². The number of hydrogen-bond donors (Lipinski definition) is 0. The van der Waals surface area contributed by atoms with E-state index in [0.717, 1.165) is 22.9 Å². The van der Waals surface area contributed by atoms with Crippen LogP contribution in [-0.4, -0.2) is 18.5 Å². The minimum absolute atomic E-state index is 0.0113. The summed E-state index contributed by atoms with van der Waals surface area (Å²) in [4.78, 5) is 41.2. The molecule has 1 aliphatic rings. The van der Waals surface area contributed by atoms with Crippen molar-refractivity contribution < 1.29 is 18.7 Å². The van der Waals surface area contributed by atoms with Gasteiger partial charge in [-0.1, -0.05) is 53.0 Å². The second-order valence-corrected chi connectivity index (χ2v) is 9.84. The lowest BCUT2D eigenvalue weighted by molar-refractivity contribution is 0.0499. The molecule has 0 N–H and O–H groups in total. The molecule has 4 aromatic rings. The average Bonchev–Trinajstić information content (AvgIpc) is 3.17. The Bertz CT molecular complexity index is 1550. The zero-order valence-corrected chi connectivity index (χ0v) is 21.6. The summed E-state index contributed by atoms with van der Waals surface area (Å²) in [6, 6.07) is 18.0. The topological polar surface area (TPSA) is 76.8 Å². The molecule has 3 aromatic carbocycles. The van der Waals surface area contributed by atoms with Crippen LogP contribution in [0.5, 0.6) is 0 Å². The average molecular weight is 567 g/mol. The predicted molar refractivity (Wildman–Crippen MR) is 142 cm³/mol. The number of anilines is 1. The highest BCUT2D eigenvalue weighted by Crippen LogP contribution is 2.42. The highest BCUT2D eigenvalue weighted by atomic mass is 79.9. The molecule has 0 radical (unpaired) electrons. The van der Waals surface area contributed by atoms with Crippen molar-refractivity contribution >= 4 is 56.1 Å². The zero-order valence-electron chi connectivity index (χ0n) is 19.3. The van der Waals surface area contributed by atoms with E-state index < -0.39 is 17.9 Å². The van der Waals surface area contributed by atoms with Gasteiger partial charge in [-0.15, -0.1) is 0 Å². The molecule has 1 aliphatic heterocycles.